The molecule has 0 bridgehead atoms. The van der Waals surface area contributed by atoms with Gasteiger partial charge in [0.15, 0.2) is 17.3 Å². The molecule has 188 valence electrons. The molecule has 12 nitrogen and oxygen atoms in total. The number of aromatic hydroxyl groups is 2. The first kappa shape index (κ1) is 24.6. The van der Waals surface area contributed by atoms with Crippen LogP contribution in [0.4, 0.5) is 0 Å². The Bertz CT molecular complexity index is 1270. The van der Waals surface area contributed by atoms with E-state index in [-0.39, 0.29) is 17.1 Å². The van der Waals surface area contributed by atoms with Crippen LogP contribution in [-0.4, -0.2) is 82.2 Å². The number of phenolic OH excluding ortho intramolecular Hbond substituents is 2. The molecule has 35 heavy (non-hydrogen) atoms. The Morgan fingerprint density at radius 3 is 2.23 bits per heavy atom. The molecule has 0 aliphatic carbocycles. The van der Waals surface area contributed by atoms with Crippen LogP contribution in [-0.2, 0) is 4.74 Å². The number of fused-ring (bicyclic) bond motifs is 1. The molecule has 0 radical (unpaired) electrons. The van der Waals surface area contributed by atoms with Crippen LogP contribution in [0.25, 0.3) is 22.3 Å². The third kappa shape index (κ3) is 4.22. The van der Waals surface area contributed by atoms with Crippen molar-refractivity contribution in [2.45, 2.75) is 30.7 Å². The summed E-state index contributed by atoms with van der Waals surface area (Å²) in [6, 6.07) is 7.35. The SMILES string of the molecule is COc1ccc(-c2oc3cc(O)c(OC)c(O)c3c(=O)c2O[C@@H]2O[C@H](CO)[C@@H](O)[C@H](O)[C@H]2O)cc1. The van der Waals surface area contributed by atoms with E-state index in [1.54, 1.807) is 24.3 Å². The number of hydrogen-bond acceptors (Lipinski definition) is 12. The molecular formula is C23H24O12. The Morgan fingerprint density at radius 2 is 1.63 bits per heavy atom. The minimum absolute atomic E-state index is 0.161. The van der Waals surface area contributed by atoms with Gasteiger partial charge >= 0.3 is 0 Å². The zero-order chi connectivity index (χ0) is 25.4. The second-order valence-corrected chi connectivity index (χ2v) is 7.78. The van der Waals surface area contributed by atoms with Crippen molar-refractivity contribution in [2.75, 3.05) is 20.8 Å². The van der Waals surface area contributed by atoms with Crippen molar-refractivity contribution in [1.82, 2.24) is 0 Å². The number of hydrogen-bond donors (Lipinski definition) is 6. The molecule has 5 atom stereocenters. The van der Waals surface area contributed by atoms with E-state index >= 15 is 0 Å². The van der Waals surface area contributed by atoms with Crippen LogP contribution in [0.2, 0.25) is 0 Å². The minimum Gasteiger partial charge on any atom is -0.504 e. The van der Waals surface area contributed by atoms with Crippen molar-refractivity contribution in [3.8, 4) is 40.1 Å². The zero-order valence-corrected chi connectivity index (χ0v) is 18.6. The average molecular weight is 492 g/mol. The highest BCUT2D eigenvalue weighted by Crippen LogP contribution is 2.43. The van der Waals surface area contributed by atoms with Gasteiger partial charge in [0.25, 0.3) is 0 Å². The van der Waals surface area contributed by atoms with Crippen molar-refractivity contribution in [2.24, 2.45) is 0 Å². The maximum Gasteiger partial charge on any atom is 0.239 e. The van der Waals surface area contributed by atoms with E-state index in [1.807, 2.05) is 0 Å². The summed E-state index contributed by atoms with van der Waals surface area (Å²) in [4.78, 5) is 13.5. The lowest BCUT2D eigenvalue weighted by Crippen LogP contribution is -2.60. The number of phenols is 2. The van der Waals surface area contributed by atoms with E-state index in [9.17, 15) is 35.4 Å². The van der Waals surface area contributed by atoms with Crippen LogP contribution in [0.5, 0.6) is 28.7 Å². The molecule has 1 aliphatic rings. The first-order valence-corrected chi connectivity index (χ1v) is 10.4. The molecule has 12 heteroatoms. The molecule has 0 unspecified atom stereocenters. The molecule has 1 saturated heterocycles. The Labute approximate surface area is 197 Å². The highest BCUT2D eigenvalue weighted by atomic mass is 16.7. The normalized spacial score (nSPS) is 24.3. The van der Waals surface area contributed by atoms with Crippen LogP contribution in [0.3, 0.4) is 0 Å². The molecule has 0 saturated carbocycles. The summed E-state index contributed by atoms with van der Waals surface area (Å²) in [7, 11) is 2.65. The second-order valence-electron chi connectivity index (χ2n) is 7.78. The van der Waals surface area contributed by atoms with Crippen molar-refractivity contribution in [1.29, 1.82) is 0 Å². The van der Waals surface area contributed by atoms with Crippen LogP contribution in [0, 0.1) is 0 Å². The fourth-order valence-corrected chi connectivity index (χ4v) is 3.81. The van der Waals surface area contributed by atoms with Gasteiger partial charge in [-0.1, -0.05) is 0 Å². The predicted octanol–water partition coefficient (Wildman–Crippen LogP) is 0.0671. The summed E-state index contributed by atoms with van der Waals surface area (Å²) in [5.41, 5.74) is -0.790. The van der Waals surface area contributed by atoms with Crippen molar-refractivity contribution in [3.63, 3.8) is 0 Å². The van der Waals surface area contributed by atoms with Gasteiger partial charge in [-0.05, 0) is 24.3 Å². The summed E-state index contributed by atoms with van der Waals surface area (Å²) in [5, 5.41) is 60.3. The van der Waals surface area contributed by atoms with E-state index in [0.29, 0.717) is 11.3 Å². The molecule has 1 aliphatic heterocycles. The topological polar surface area (TPSA) is 189 Å². The Hall–Kier alpha value is -3.55. The molecule has 2 aromatic carbocycles. The van der Waals surface area contributed by atoms with Crippen LogP contribution in [0.15, 0.2) is 39.5 Å². The van der Waals surface area contributed by atoms with Gasteiger partial charge in [0, 0.05) is 11.6 Å². The first-order valence-electron chi connectivity index (χ1n) is 10.4. The molecule has 4 rings (SSSR count). The summed E-state index contributed by atoms with van der Waals surface area (Å²) in [5.74, 6) is -1.74. The van der Waals surface area contributed by atoms with Gasteiger partial charge in [-0.3, -0.25) is 4.79 Å². The number of methoxy groups -OCH3 is 2. The van der Waals surface area contributed by atoms with E-state index < -0.39 is 65.4 Å². The van der Waals surface area contributed by atoms with Crippen LogP contribution < -0.4 is 19.6 Å². The fourth-order valence-electron chi connectivity index (χ4n) is 3.81. The Morgan fingerprint density at radius 1 is 0.943 bits per heavy atom. The third-order valence-electron chi connectivity index (χ3n) is 5.69. The number of rotatable bonds is 6. The molecule has 6 N–H and O–H groups in total. The van der Waals surface area contributed by atoms with Crippen molar-refractivity contribution in [3.05, 3.63) is 40.6 Å². The van der Waals surface area contributed by atoms with Gasteiger partial charge in [0.2, 0.25) is 23.2 Å². The molecule has 1 aromatic heterocycles. The molecule has 0 spiro atoms. The number of aliphatic hydroxyl groups is 4. The minimum atomic E-state index is -1.81. The van der Waals surface area contributed by atoms with Gasteiger partial charge in [-0.25, -0.2) is 0 Å². The van der Waals surface area contributed by atoms with Gasteiger partial charge in [0.05, 0.1) is 20.8 Å². The van der Waals surface area contributed by atoms with Gasteiger partial charge < -0.3 is 54.0 Å². The average Bonchev–Trinajstić information content (AvgIpc) is 2.85. The first-order chi connectivity index (χ1) is 16.7. The quantitative estimate of drug-likeness (QED) is 0.272. The summed E-state index contributed by atoms with van der Waals surface area (Å²) in [6.07, 6.45) is -8.20. The van der Waals surface area contributed by atoms with Gasteiger partial charge in [0.1, 0.15) is 41.1 Å². The molecule has 2 heterocycles. The Kier molecular flexibility index (Phi) is 6.74. The van der Waals surface area contributed by atoms with E-state index in [0.717, 1.165) is 6.07 Å². The number of benzene rings is 2. The summed E-state index contributed by atoms with van der Waals surface area (Å²) in [6.45, 7) is -0.709. The molecule has 1 fully saturated rings. The van der Waals surface area contributed by atoms with E-state index in [4.69, 9.17) is 23.4 Å². The van der Waals surface area contributed by atoms with Crippen LogP contribution in [0.1, 0.15) is 0 Å². The lowest BCUT2D eigenvalue weighted by molar-refractivity contribution is -0.277. The predicted molar refractivity (Wildman–Crippen MR) is 119 cm³/mol. The zero-order valence-electron chi connectivity index (χ0n) is 18.6. The Balaban J connectivity index is 1.92. The lowest BCUT2D eigenvalue weighted by Gasteiger charge is -2.39. The summed E-state index contributed by atoms with van der Waals surface area (Å²) >= 11 is 0. The largest absolute Gasteiger partial charge is 0.504 e. The standard InChI is InChI=1S/C23H24O12/c1-31-10-5-3-9(4-6-10)20-22(35-23-19(30)18(29)15(26)13(8-24)34-23)17(28)14-12(33-20)7-11(25)21(32-2)16(14)27/h3-7,13,15,18-19,23-27,29-30H,8H2,1-2H3/t13-,15-,18+,19-,23+/m1/s1. The van der Waals surface area contributed by atoms with Crippen molar-refractivity contribution >= 4 is 11.0 Å². The van der Waals surface area contributed by atoms with Crippen LogP contribution >= 0.6 is 0 Å². The second kappa shape index (κ2) is 9.60. The fraction of sp³-hybridized carbons (Fsp3) is 0.348. The molecule has 0 amide bonds. The highest BCUT2D eigenvalue weighted by Gasteiger charge is 2.45. The smallest absolute Gasteiger partial charge is 0.239 e. The van der Waals surface area contributed by atoms with Gasteiger partial charge in [-0.2, -0.15) is 0 Å². The van der Waals surface area contributed by atoms with E-state index in [2.05, 4.69) is 0 Å². The molecular weight excluding hydrogens is 468 g/mol. The lowest BCUT2D eigenvalue weighted by atomic mass is 9.99. The maximum absolute atomic E-state index is 13.5. The third-order valence-corrected chi connectivity index (χ3v) is 5.69. The highest BCUT2D eigenvalue weighted by molar-refractivity contribution is 5.91. The molecule has 3 aromatic rings. The maximum atomic E-state index is 13.5. The summed E-state index contributed by atoms with van der Waals surface area (Å²) < 4.78 is 26.9. The van der Waals surface area contributed by atoms with Gasteiger partial charge in [-0.15, -0.1) is 0 Å². The monoisotopic (exact) mass is 492 g/mol. The van der Waals surface area contributed by atoms with E-state index in [1.165, 1.54) is 14.2 Å². The number of ether oxygens (including phenoxy) is 4. The van der Waals surface area contributed by atoms with Crippen molar-refractivity contribution < 1.29 is 54.0 Å². The number of aliphatic hydroxyl groups excluding tert-OH is 4.